The van der Waals surface area contributed by atoms with Crippen molar-refractivity contribution in [3.8, 4) is 0 Å². The molecule has 4 heteroatoms. The quantitative estimate of drug-likeness (QED) is 0.517. The van der Waals surface area contributed by atoms with E-state index in [4.69, 9.17) is 0 Å². The SMILES string of the molecule is O=C(CNCc1ccccc1)Nc1ccc2c(c1)[nH]c1ccccc12. The van der Waals surface area contributed by atoms with Gasteiger partial charge in [0.1, 0.15) is 0 Å². The molecule has 0 radical (unpaired) electrons. The lowest BCUT2D eigenvalue weighted by Crippen LogP contribution is -2.27. The first-order valence-corrected chi connectivity index (χ1v) is 8.34. The van der Waals surface area contributed by atoms with Crippen LogP contribution in [-0.4, -0.2) is 17.4 Å². The Balaban J connectivity index is 1.41. The number of amides is 1. The van der Waals surface area contributed by atoms with E-state index in [1.807, 2.05) is 60.7 Å². The van der Waals surface area contributed by atoms with E-state index in [1.165, 1.54) is 5.39 Å². The highest BCUT2D eigenvalue weighted by Gasteiger charge is 2.06. The first-order valence-electron chi connectivity index (χ1n) is 8.34. The molecule has 4 nitrogen and oxygen atoms in total. The summed E-state index contributed by atoms with van der Waals surface area (Å²) >= 11 is 0. The number of benzene rings is 3. The van der Waals surface area contributed by atoms with Crippen molar-refractivity contribution in [3.05, 3.63) is 78.4 Å². The second-order valence-corrected chi connectivity index (χ2v) is 6.07. The number of aromatic amines is 1. The highest BCUT2D eigenvalue weighted by molar-refractivity contribution is 6.08. The Kier molecular flexibility index (Phi) is 4.19. The zero-order chi connectivity index (χ0) is 17.1. The van der Waals surface area contributed by atoms with Gasteiger partial charge >= 0.3 is 0 Å². The summed E-state index contributed by atoms with van der Waals surface area (Å²) < 4.78 is 0. The number of rotatable bonds is 5. The van der Waals surface area contributed by atoms with Crippen LogP contribution in [0.2, 0.25) is 0 Å². The second-order valence-electron chi connectivity index (χ2n) is 6.07. The zero-order valence-corrected chi connectivity index (χ0v) is 13.8. The molecule has 1 heterocycles. The van der Waals surface area contributed by atoms with Gasteiger partial charge in [-0.1, -0.05) is 54.6 Å². The van der Waals surface area contributed by atoms with Gasteiger partial charge < -0.3 is 15.6 Å². The Hall–Kier alpha value is -3.11. The summed E-state index contributed by atoms with van der Waals surface area (Å²) in [5.41, 5.74) is 4.09. The van der Waals surface area contributed by atoms with Crippen molar-refractivity contribution in [3.63, 3.8) is 0 Å². The predicted molar refractivity (Wildman–Crippen MR) is 103 cm³/mol. The maximum absolute atomic E-state index is 12.1. The number of aromatic nitrogens is 1. The summed E-state index contributed by atoms with van der Waals surface area (Å²) in [6.07, 6.45) is 0. The van der Waals surface area contributed by atoms with Crippen molar-refractivity contribution in [1.29, 1.82) is 0 Å². The van der Waals surface area contributed by atoms with Crippen molar-refractivity contribution in [2.75, 3.05) is 11.9 Å². The molecule has 1 amide bonds. The number of para-hydroxylation sites is 1. The van der Waals surface area contributed by atoms with Gasteiger partial charge in [-0.15, -0.1) is 0 Å². The molecule has 1 aromatic heterocycles. The van der Waals surface area contributed by atoms with Crippen molar-refractivity contribution in [1.82, 2.24) is 10.3 Å². The van der Waals surface area contributed by atoms with Gasteiger partial charge in [-0.05, 0) is 23.8 Å². The van der Waals surface area contributed by atoms with Crippen LogP contribution < -0.4 is 10.6 Å². The Bertz CT molecular complexity index is 1020. The third-order valence-corrected chi connectivity index (χ3v) is 4.25. The Morgan fingerprint density at radius 3 is 2.48 bits per heavy atom. The maximum atomic E-state index is 12.1. The van der Waals surface area contributed by atoms with E-state index in [-0.39, 0.29) is 12.5 Å². The molecule has 3 N–H and O–H groups in total. The highest BCUT2D eigenvalue weighted by atomic mass is 16.1. The summed E-state index contributed by atoms with van der Waals surface area (Å²) in [6, 6.07) is 24.2. The van der Waals surface area contributed by atoms with E-state index in [0.29, 0.717) is 6.54 Å². The van der Waals surface area contributed by atoms with Crippen molar-refractivity contribution in [2.24, 2.45) is 0 Å². The largest absolute Gasteiger partial charge is 0.354 e. The third kappa shape index (κ3) is 3.39. The first kappa shape index (κ1) is 15.4. The molecule has 25 heavy (non-hydrogen) atoms. The van der Waals surface area contributed by atoms with Crippen LogP contribution in [0, 0.1) is 0 Å². The molecule has 0 bridgehead atoms. The molecule has 0 saturated heterocycles. The highest BCUT2D eigenvalue weighted by Crippen LogP contribution is 2.27. The molecule has 0 aliphatic carbocycles. The van der Waals surface area contributed by atoms with Gasteiger partial charge in [-0.25, -0.2) is 0 Å². The van der Waals surface area contributed by atoms with Crippen LogP contribution in [0.4, 0.5) is 5.69 Å². The number of carbonyl (C=O) groups is 1. The van der Waals surface area contributed by atoms with Gasteiger partial charge in [0.05, 0.1) is 6.54 Å². The topological polar surface area (TPSA) is 56.9 Å². The smallest absolute Gasteiger partial charge is 0.238 e. The molecule has 0 aliphatic heterocycles. The van der Waals surface area contributed by atoms with Gasteiger partial charge in [0.15, 0.2) is 0 Å². The Labute approximate surface area is 145 Å². The number of nitrogens with one attached hydrogen (secondary N) is 3. The fourth-order valence-corrected chi connectivity index (χ4v) is 3.05. The van der Waals surface area contributed by atoms with Crippen molar-refractivity contribution < 1.29 is 4.79 Å². The van der Waals surface area contributed by atoms with Crippen LogP contribution in [0.1, 0.15) is 5.56 Å². The average Bonchev–Trinajstić information content (AvgIpc) is 3.00. The normalized spacial score (nSPS) is 11.0. The lowest BCUT2D eigenvalue weighted by atomic mass is 10.1. The Morgan fingerprint density at radius 1 is 0.840 bits per heavy atom. The van der Waals surface area contributed by atoms with Crippen LogP contribution in [0.5, 0.6) is 0 Å². The monoisotopic (exact) mass is 329 g/mol. The van der Waals surface area contributed by atoms with Gasteiger partial charge in [0.2, 0.25) is 5.91 Å². The number of hydrogen-bond acceptors (Lipinski definition) is 2. The van der Waals surface area contributed by atoms with Gasteiger partial charge in [0, 0.05) is 34.0 Å². The molecule has 4 rings (SSSR count). The summed E-state index contributed by atoms with van der Waals surface area (Å²) in [6.45, 7) is 0.953. The van der Waals surface area contributed by atoms with Crippen LogP contribution in [0.15, 0.2) is 72.8 Å². The molecule has 0 unspecified atom stereocenters. The number of anilines is 1. The molecule has 0 spiro atoms. The molecule has 0 saturated carbocycles. The number of hydrogen-bond donors (Lipinski definition) is 3. The van der Waals surface area contributed by atoms with E-state index >= 15 is 0 Å². The first-order chi connectivity index (χ1) is 12.3. The van der Waals surface area contributed by atoms with Gasteiger partial charge in [-0.2, -0.15) is 0 Å². The molecular weight excluding hydrogens is 310 g/mol. The molecule has 0 atom stereocenters. The minimum Gasteiger partial charge on any atom is -0.354 e. The van der Waals surface area contributed by atoms with E-state index in [0.717, 1.165) is 27.7 Å². The van der Waals surface area contributed by atoms with Crippen molar-refractivity contribution >= 4 is 33.4 Å². The minimum absolute atomic E-state index is 0.0496. The van der Waals surface area contributed by atoms with Gasteiger partial charge in [-0.3, -0.25) is 4.79 Å². The van der Waals surface area contributed by atoms with E-state index in [1.54, 1.807) is 0 Å². The standard InChI is InChI=1S/C21H19N3O/c25-21(14-22-13-15-6-2-1-3-7-15)23-16-10-11-18-17-8-4-5-9-19(17)24-20(18)12-16/h1-12,22,24H,13-14H2,(H,23,25). The van der Waals surface area contributed by atoms with Crippen molar-refractivity contribution in [2.45, 2.75) is 6.54 Å². The van der Waals surface area contributed by atoms with Crippen LogP contribution >= 0.6 is 0 Å². The lowest BCUT2D eigenvalue weighted by Gasteiger charge is -2.07. The van der Waals surface area contributed by atoms with E-state index < -0.39 is 0 Å². The van der Waals surface area contributed by atoms with Crippen LogP contribution in [-0.2, 0) is 11.3 Å². The second kappa shape index (κ2) is 6.79. The molecule has 4 aromatic rings. The third-order valence-electron chi connectivity index (χ3n) is 4.25. The summed E-state index contributed by atoms with van der Waals surface area (Å²) in [5, 5.41) is 8.46. The number of H-pyrrole nitrogens is 1. The molecule has 3 aromatic carbocycles. The molecular formula is C21H19N3O. The minimum atomic E-state index is -0.0496. The number of carbonyl (C=O) groups excluding carboxylic acids is 1. The number of fused-ring (bicyclic) bond motifs is 3. The fourth-order valence-electron chi connectivity index (χ4n) is 3.05. The molecule has 124 valence electrons. The lowest BCUT2D eigenvalue weighted by molar-refractivity contribution is -0.115. The maximum Gasteiger partial charge on any atom is 0.238 e. The fraction of sp³-hybridized carbons (Fsp3) is 0.0952. The van der Waals surface area contributed by atoms with Crippen LogP contribution in [0.3, 0.4) is 0 Å². The zero-order valence-electron chi connectivity index (χ0n) is 13.8. The summed E-state index contributed by atoms with van der Waals surface area (Å²) in [5.74, 6) is -0.0496. The molecule has 0 aliphatic rings. The Morgan fingerprint density at radius 2 is 1.60 bits per heavy atom. The van der Waals surface area contributed by atoms with Gasteiger partial charge in [0.25, 0.3) is 0 Å². The average molecular weight is 329 g/mol. The van der Waals surface area contributed by atoms with Crippen LogP contribution in [0.25, 0.3) is 21.8 Å². The van der Waals surface area contributed by atoms with E-state index in [9.17, 15) is 4.79 Å². The van der Waals surface area contributed by atoms with E-state index in [2.05, 4.69) is 27.8 Å². The summed E-state index contributed by atoms with van der Waals surface area (Å²) in [4.78, 5) is 15.5. The predicted octanol–water partition coefficient (Wildman–Crippen LogP) is 4.05. The summed E-state index contributed by atoms with van der Waals surface area (Å²) in [7, 11) is 0. The molecule has 0 fully saturated rings.